The predicted molar refractivity (Wildman–Crippen MR) is 109 cm³/mol. The van der Waals surface area contributed by atoms with Crippen LogP contribution in [0.3, 0.4) is 0 Å². The van der Waals surface area contributed by atoms with Crippen LogP contribution in [-0.4, -0.2) is 24.7 Å². The summed E-state index contributed by atoms with van der Waals surface area (Å²) in [6, 6.07) is 15.8. The molecule has 0 aliphatic carbocycles. The summed E-state index contributed by atoms with van der Waals surface area (Å²) in [6.45, 7) is 5.03. The standard InChI is InChI=1S/C23H27F3N2/c1-4-17-15-28(3)22(13-21(17)23(24,25)26)18-9-11-20(12-10-18)27-14-19-8-6-5-7-16(19)2/h5-13,17,21,27H,4,14-15H2,1-3H3. The summed E-state index contributed by atoms with van der Waals surface area (Å²) >= 11 is 0. The first-order valence-electron chi connectivity index (χ1n) is 9.68. The Bertz CT molecular complexity index is 824. The Morgan fingerprint density at radius 1 is 1.07 bits per heavy atom. The van der Waals surface area contributed by atoms with Crippen LogP contribution in [0.2, 0.25) is 0 Å². The molecule has 0 radical (unpaired) electrons. The Balaban J connectivity index is 1.76. The smallest absolute Gasteiger partial charge is 0.381 e. The average Bonchev–Trinajstić information content (AvgIpc) is 2.66. The number of rotatable bonds is 5. The van der Waals surface area contributed by atoms with E-state index >= 15 is 0 Å². The van der Waals surface area contributed by atoms with Gasteiger partial charge in [0, 0.05) is 31.5 Å². The number of nitrogens with one attached hydrogen (secondary N) is 1. The molecule has 2 aromatic carbocycles. The van der Waals surface area contributed by atoms with Crippen molar-refractivity contribution < 1.29 is 13.2 Å². The molecular formula is C23H27F3N2. The molecule has 1 heterocycles. The van der Waals surface area contributed by atoms with Crippen LogP contribution in [0.25, 0.3) is 5.70 Å². The molecule has 0 saturated heterocycles. The van der Waals surface area contributed by atoms with Gasteiger partial charge in [-0.25, -0.2) is 0 Å². The summed E-state index contributed by atoms with van der Waals surface area (Å²) in [4.78, 5) is 1.94. The summed E-state index contributed by atoms with van der Waals surface area (Å²) < 4.78 is 40.4. The van der Waals surface area contributed by atoms with Crippen molar-refractivity contribution in [3.05, 3.63) is 71.3 Å². The monoisotopic (exact) mass is 388 g/mol. The molecule has 0 spiro atoms. The third kappa shape index (κ3) is 4.51. The van der Waals surface area contributed by atoms with E-state index in [-0.39, 0.29) is 0 Å². The van der Waals surface area contributed by atoms with Crippen LogP contribution in [-0.2, 0) is 6.54 Å². The molecule has 1 N–H and O–H groups in total. The van der Waals surface area contributed by atoms with Crippen molar-refractivity contribution >= 4 is 11.4 Å². The number of anilines is 1. The van der Waals surface area contributed by atoms with Crippen LogP contribution in [0.15, 0.2) is 54.6 Å². The van der Waals surface area contributed by atoms with Gasteiger partial charge in [-0.1, -0.05) is 49.7 Å². The van der Waals surface area contributed by atoms with E-state index in [1.807, 2.05) is 55.3 Å². The minimum absolute atomic E-state index is 0.399. The molecule has 0 fully saturated rings. The lowest BCUT2D eigenvalue weighted by Gasteiger charge is -2.37. The summed E-state index contributed by atoms with van der Waals surface area (Å²) in [6.07, 6.45) is -2.30. The van der Waals surface area contributed by atoms with Crippen molar-refractivity contribution in [1.82, 2.24) is 4.90 Å². The van der Waals surface area contributed by atoms with Crippen LogP contribution in [0.5, 0.6) is 0 Å². The second-order valence-corrected chi connectivity index (χ2v) is 7.53. The first-order chi connectivity index (χ1) is 13.3. The average molecular weight is 388 g/mol. The highest BCUT2D eigenvalue weighted by Gasteiger charge is 2.45. The molecule has 3 rings (SSSR count). The molecule has 0 saturated carbocycles. The van der Waals surface area contributed by atoms with E-state index in [9.17, 15) is 13.2 Å². The highest BCUT2D eigenvalue weighted by molar-refractivity contribution is 5.67. The fraction of sp³-hybridized carbons (Fsp3) is 0.391. The largest absolute Gasteiger partial charge is 0.395 e. The Morgan fingerprint density at radius 2 is 1.75 bits per heavy atom. The molecule has 2 nitrogen and oxygen atoms in total. The molecule has 5 heteroatoms. The summed E-state index contributed by atoms with van der Waals surface area (Å²) in [7, 11) is 1.87. The highest BCUT2D eigenvalue weighted by atomic mass is 19.4. The minimum atomic E-state index is -4.21. The van der Waals surface area contributed by atoms with Gasteiger partial charge in [0.25, 0.3) is 0 Å². The van der Waals surface area contributed by atoms with Crippen molar-refractivity contribution in [3.63, 3.8) is 0 Å². The van der Waals surface area contributed by atoms with Gasteiger partial charge in [0.15, 0.2) is 0 Å². The van der Waals surface area contributed by atoms with Crippen molar-refractivity contribution in [2.75, 3.05) is 18.9 Å². The Kier molecular flexibility index (Phi) is 6.01. The molecule has 0 bridgehead atoms. The van der Waals surface area contributed by atoms with E-state index in [1.54, 1.807) is 0 Å². The van der Waals surface area contributed by atoms with Gasteiger partial charge in [0.1, 0.15) is 0 Å². The van der Waals surface area contributed by atoms with Gasteiger partial charge >= 0.3 is 6.18 Å². The topological polar surface area (TPSA) is 15.3 Å². The van der Waals surface area contributed by atoms with Gasteiger partial charge in [-0.3, -0.25) is 0 Å². The van der Waals surface area contributed by atoms with Crippen molar-refractivity contribution in [2.24, 2.45) is 11.8 Å². The molecule has 2 aromatic rings. The second-order valence-electron chi connectivity index (χ2n) is 7.53. The number of benzene rings is 2. The summed E-state index contributed by atoms with van der Waals surface area (Å²) in [5, 5.41) is 3.38. The number of allylic oxidation sites excluding steroid dienone is 1. The number of hydrogen-bond donors (Lipinski definition) is 1. The maximum atomic E-state index is 13.5. The Labute approximate surface area is 165 Å². The molecule has 2 unspecified atom stereocenters. The molecule has 2 atom stereocenters. The van der Waals surface area contributed by atoms with Gasteiger partial charge in [0.2, 0.25) is 0 Å². The zero-order valence-electron chi connectivity index (χ0n) is 16.6. The molecule has 1 aliphatic heterocycles. The first kappa shape index (κ1) is 20.3. The highest BCUT2D eigenvalue weighted by Crippen LogP contribution is 2.41. The Hall–Kier alpha value is -2.43. The molecule has 150 valence electrons. The SMILES string of the molecule is CCC1CN(C)C(c2ccc(NCc3ccccc3C)cc2)=CC1C(F)(F)F. The van der Waals surface area contributed by atoms with Crippen LogP contribution >= 0.6 is 0 Å². The number of aryl methyl sites for hydroxylation is 1. The normalized spacial score (nSPS) is 20.1. The lowest BCUT2D eigenvalue weighted by atomic mass is 9.84. The number of halogens is 3. The zero-order chi connectivity index (χ0) is 20.3. The fourth-order valence-corrected chi connectivity index (χ4v) is 3.82. The number of alkyl halides is 3. The first-order valence-corrected chi connectivity index (χ1v) is 9.68. The van der Waals surface area contributed by atoms with Crippen LogP contribution in [0.4, 0.5) is 18.9 Å². The van der Waals surface area contributed by atoms with Crippen molar-refractivity contribution in [1.29, 1.82) is 0 Å². The maximum absolute atomic E-state index is 13.5. The van der Waals surface area contributed by atoms with Gasteiger partial charge in [-0.15, -0.1) is 0 Å². The van der Waals surface area contributed by atoms with Crippen LogP contribution in [0, 0.1) is 18.8 Å². The third-order valence-corrected chi connectivity index (χ3v) is 5.59. The van der Waals surface area contributed by atoms with Crippen molar-refractivity contribution in [3.8, 4) is 0 Å². The van der Waals surface area contributed by atoms with E-state index in [0.717, 1.165) is 11.3 Å². The molecule has 28 heavy (non-hydrogen) atoms. The number of nitrogens with zero attached hydrogens (tertiary/aromatic N) is 1. The second kappa shape index (κ2) is 8.29. The zero-order valence-corrected chi connectivity index (χ0v) is 16.6. The van der Waals surface area contributed by atoms with Gasteiger partial charge in [-0.2, -0.15) is 13.2 Å². The van der Waals surface area contributed by atoms with Crippen molar-refractivity contribution in [2.45, 2.75) is 33.0 Å². The molecular weight excluding hydrogens is 361 g/mol. The maximum Gasteiger partial charge on any atom is 0.395 e. The quantitative estimate of drug-likeness (QED) is 0.666. The molecule has 0 amide bonds. The van der Waals surface area contributed by atoms with Gasteiger partial charge in [-0.05, 0) is 47.7 Å². The van der Waals surface area contributed by atoms with Gasteiger partial charge in [0.05, 0.1) is 5.92 Å². The van der Waals surface area contributed by atoms with Gasteiger partial charge < -0.3 is 10.2 Å². The Morgan fingerprint density at radius 3 is 2.36 bits per heavy atom. The summed E-state index contributed by atoms with van der Waals surface area (Å²) in [5.74, 6) is -1.79. The van der Waals surface area contributed by atoms with E-state index in [1.165, 1.54) is 17.2 Å². The van der Waals surface area contributed by atoms with E-state index < -0.39 is 18.0 Å². The third-order valence-electron chi connectivity index (χ3n) is 5.59. The van der Waals surface area contributed by atoms with E-state index in [4.69, 9.17) is 0 Å². The lowest BCUT2D eigenvalue weighted by molar-refractivity contribution is -0.176. The lowest BCUT2D eigenvalue weighted by Crippen LogP contribution is -2.40. The van der Waals surface area contributed by atoms with E-state index in [2.05, 4.69) is 24.4 Å². The molecule has 1 aliphatic rings. The fourth-order valence-electron chi connectivity index (χ4n) is 3.82. The van der Waals surface area contributed by atoms with Crippen LogP contribution < -0.4 is 5.32 Å². The van der Waals surface area contributed by atoms with Crippen LogP contribution in [0.1, 0.15) is 30.0 Å². The van der Waals surface area contributed by atoms with E-state index in [0.29, 0.717) is 25.2 Å². The number of hydrogen-bond acceptors (Lipinski definition) is 2. The minimum Gasteiger partial charge on any atom is -0.381 e. The predicted octanol–water partition coefficient (Wildman–Crippen LogP) is 6.10. The summed E-state index contributed by atoms with van der Waals surface area (Å²) in [5.41, 5.74) is 4.86. The molecule has 0 aromatic heterocycles.